The van der Waals surface area contributed by atoms with Crippen LogP contribution >= 0.6 is 22.7 Å². The SMILES string of the molecule is CCC(=O)c1ccc2c(c1)cc(-c1nn(C(=O)OC(C)(C)C)c3ccsc13)n2C(=O)OC(C)(C)C.CCC(O)(c1ccc2[nH]c(-c3n[nH]c4ccsc34)cc2c1)C1CCCCC1. The number of benzene rings is 2. The number of nitrogens with zero attached hydrogens (tertiary/aromatic N) is 4. The molecule has 9 rings (SSSR count). The number of nitrogens with one attached hydrogen (secondary N) is 2. The second kappa shape index (κ2) is 16.6. The zero-order valence-corrected chi connectivity index (χ0v) is 38.2. The van der Waals surface area contributed by atoms with Crippen LogP contribution < -0.4 is 0 Å². The lowest BCUT2D eigenvalue weighted by Crippen LogP contribution is -2.35. The molecule has 1 saturated carbocycles. The van der Waals surface area contributed by atoms with Gasteiger partial charge in [0, 0.05) is 28.3 Å². The van der Waals surface area contributed by atoms with Gasteiger partial charge in [0.1, 0.15) is 22.6 Å². The Morgan fingerprint density at radius 1 is 0.774 bits per heavy atom. The maximum Gasteiger partial charge on any atom is 0.435 e. The highest BCUT2D eigenvalue weighted by Crippen LogP contribution is 2.43. The highest BCUT2D eigenvalue weighted by molar-refractivity contribution is 7.18. The topological polar surface area (TPSA) is 157 Å². The molecule has 1 aliphatic rings. The lowest BCUT2D eigenvalue weighted by atomic mass is 9.72. The van der Waals surface area contributed by atoms with E-state index in [-0.39, 0.29) is 5.78 Å². The molecule has 14 heteroatoms. The number of aromatic amines is 2. The van der Waals surface area contributed by atoms with Crippen LogP contribution in [0.1, 0.15) is 116 Å². The van der Waals surface area contributed by atoms with E-state index in [0.717, 1.165) is 57.3 Å². The van der Waals surface area contributed by atoms with E-state index in [0.29, 0.717) is 45.7 Å². The molecule has 62 heavy (non-hydrogen) atoms. The van der Waals surface area contributed by atoms with E-state index in [1.165, 1.54) is 44.5 Å². The van der Waals surface area contributed by atoms with Gasteiger partial charge in [0.25, 0.3) is 0 Å². The van der Waals surface area contributed by atoms with Crippen LogP contribution in [0.15, 0.2) is 71.4 Å². The van der Waals surface area contributed by atoms with Crippen LogP contribution in [0.2, 0.25) is 0 Å². The van der Waals surface area contributed by atoms with Crippen molar-refractivity contribution >= 4 is 82.9 Å². The smallest absolute Gasteiger partial charge is 0.435 e. The fourth-order valence-corrected chi connectivity index (χ4v) is 10.2. The Labute approximate surface area is 368 Å². The first-order valence-corrected chi connectivity index (χ1v) is 23.1. The number of H-pyrrole nitrogens is 2. The minimum absolute atomic E-state index is 0.00770. The van der Waals surface area contributed by atoms with E-state index in [9.17, 15) is 19.5 Å². The Morgan fingerprint density at radius 2 is 1.48 bits per heavy atom. The van der Waals surface area contributed by atoms with E-state index >= 15 is 0 Å². The van der Waals surface area contributed by atoms with Crippen LogP contribution in [0.5, 0.6) is 0 Å². The van der Waals surface area contributed by atoms with Crippen molar-refractivity contribution < 1.29 is 29.0 Å². The van der Waals surface area contributed by atoms with Gasteiger partial charge in [-0.05, 0) is 138 Å². The van der Waals surface area contributed by atoms with Crippen LogP contribution in [0.4, 0.5) is 9.59 Å². The average molecular weight is 875 g/mol. The zero-order chi connectivity index (χ0) is 44.1. The van der Waals surface area contributed by atoms with Crippen LogP contribution in [-0.4, -0.2) is 63.8 Å². The lowest BCUT2D eigenvalue weighted by Gasteiger charge is -2.38. The zero-order valence-electron chi connectivity index (χ0n) is 36.5. The first-order chi connectivity index (χ1) is 29.5. The number of fused-ring (bicyclic) bond motifs is 4. The van der Waals surface area contributed by atoms with E-state index in [2.05, 4.69) is 62.9 Å². The van der Waals surface area contributed by atoms with Gasteiger partial charge >= 0.3 is 12.2 Å². The number of carbonyl (C=O) groups excluding carboxylic acids is 3. The number of rotatable bonds is 7. The maximum absolute atomic E-state index is 13.4. The van der Waals surface area contributed by atoms with Gasteiger partial charge in [0.2, 0.25) is 0 Å². The largest absolute Gasteiger partial charge is 0.443 e. The Morgan fingerprint density at radius 3 is 2.19 bits per heavy atom. The third-order valence-electron chi connectivity index (χ3n) is 11.5. The Kier molecular flexibility index (Phi) is 11.5. The summed E-state index contributed by atoms with van der Waals surface area (Å²) in [5.74, 6) is 0.373. The molecular weight excluding hydrogens is 821 g/mol. The number of thiophene rings is 2. The minimum Gasteiger partial charge on any atom is -0.443 e. The number of carbonyl (C=O) groups is 3. The number of aliphatic hydroxyl groups is 1. The molecule has 0 saturated heterocycles. The number of ether oxygens (including phenoxy) is 2. The second-order valence-electron chi connectivity index (χ2n) is 18.1. The van der Waals surface area contributed by atoms with E-state index in [1.807, 2.05) is 5.38 Å². The summed E-state index contributed by atoms with van der Waals surface area (Å²) in [6.07, 6.45) is 5.98. The molecule has 0 bridgehead atoms. The molecule has 6 aromatic heterocycles. The number of aromatic nitrogens is 6. The molecule has 1 aliphatic carbocycles. The molecule has 1 fully saturated rings. The summed E-state index contributed by atoms with van der Waals surface area (Å²) in [7, 11) is 0. The quantitative estimate of drug-likeness (QED) is 0.134. The fraction of sp³-hybridized carbons (Fsp3) is 0.396. The van der Waals surface area contributed by atoms with Crippen molar-refractivity contribution in [3.63, 3.8) is 0 Å². The van der Waals surface area contributed by atoms with Gasteiger partial charge in [-0.3, -0.25) is 9.89 Å². The van der Waals surface area contributed by atoms with Crippen LogP contribution in [0, 0.1) is 5.92 Å². The molecule has 6 heterocycles. The monoisotopic (exact) mass is 874 g/mol. The first-order valence-electron chi connectivity index (χ1n) is 21.4. The summed E-state index contributed by atoms with van der Waals surface area (Å²) >= 11 is 3.11. The van der Waals surface area contributed by atoms with Crippen LogP contribution in [0.3, 0.4) is 0 Å². The predicted molar refractivity (Wildman–Crippen MR) is 248 cm³/mol. The highest BCUT2D eigenvalue weighted by atomic mass is 32.1. The minimum atomic E-state index is -0.725. The summed E-state index contributed by atoms with van der Waals surface area (Å²) in [6, 6.07) is 19.4. The lowest BCUT2D eigenvalue weighted by molar-refractivity contribution is -0.0420. The number of Topliss-reactive ketones (excluding diaryl/α,β-unsaturated/α-hetero) is 1. The van der Waals surface area contributed by atoms with E-state index in [1.54, 1.807) is 90.1 Å². The van der Waals surface area contributed by atoms with Gasteiger partial charge in [-0.25, -0.2) is 14.2 Å². The molecule has 0 aliphatic heterocycles. The normalized spacial score (nSPS) is 14.9. The van der Waals surface area contributed by atoms with E-state index < -0.39 is 29.0 Å². The van der Waals surface area contributed by atoms with Gasteiger partial charge in [-0.1, -0.05) is 39.2 Å². The van der Waals surface area contributed by atoms with Crippen molar-refractivity contribution in [1.29, 1.82) is 0 Å². The third kappa shape index (κ3) is 8.35. The van der Waals surface area contributed by atoms with Crippen molar-refractivity contribution in [2.24, 2.45) is 5.92 Å². The molecule has 3 N–H and O–H groups in total. The molecular formula is C48H54N6O6S2. The molecule has 0 radical (unpaired) electrons. The van der Waals surface area contributed by atoms with Gasteiger partial charge in [-0.2, -0.15) is 14.9 Å². The van der Waals surface area contributed by atoms with Crippen LogP contribution in [-0.2, 0) is 15.1 Å². The first kappa shape index (κ1) is 43.1. The number of hydrogen-bond acceptors (Lipinski definition) is 10. The summed E-state index contributed by atoms with van der Waals surface area (Å²) in [4.78, 5) is 42.1. The summed E-state index contributed by atoms with van der Waals surface area (Å²) < 4.78 is 15.8. The predicted octanol–water partition coefficient (Wildman–Crippen LogP) is 12.8. The second-order valence-corrected chi connectivity index (χ2v) is 19.9. The van der Waals surface area contributed by atoms with Gasteiger partial charge in [-0.15, -0.1) is 22.7 Å². The average Bonchev–Trinajstić information content (AvgIpc) is 4.08. The molecule has 2 aromatic carbocycles. The summed E-state index contributed by atoms with van der Waals surface area (Å²) in [5.41, 5.74) is 5.71. The standard InChI is InChI=1S/C26H29N3O5S.C22H25N3OS/c1-8-20(30)15-9-10-17-16(13-15)14-19(28(17)23(31)33-25(2,3)4)21-22-18(11-12-35-22)29(27-21)24(32)34-26(5,6)7;1-2-22(26,15-6-4-3-5-7-15)16-8-9-17-14(12-16)13-19(23-17)20-21-18(24-25-20)10-11-27-21/h9-14H,8H2,1-7H3;8-13,15,23,26H,2-7H2,1H3,(H,24,25). The Balaban J connectivity index is 0.000000176. The van der Waals surface area contributed by atoms with E-state index in [4.69, 9.17) is 9.47 Å². The molecule has 324 valence electrons. The van der Waals surface area contributed by atoms with Crippen LogP contribution in [0.25, 0.3) is 65.0 Å². The summed E-state index contributed by atoms with van der Waals surface area (Å²) in [5, 5.41) is 29.5. The van der Waals surface area contributed by atoms with Crippen molar-refractivity contribution in [3.05, 3.63) is 82.6 Å². The fourth-order valence-electron chi connectivity index (χ4n) is 8.50. The van der Waals surface area contributed by atoms with Gasteiger partial charge in [0.05, 0.1) is 42.9 Å². The van der Waals surface area contributed by atoms with Crippen molar-refractivity contribution in [2.45, 2.75) is 117 Å². The Bertz CT molecular complexity index is 2940. The van der Waals surface area contributed by atoms with Gasteiger partial charge < -0.3 is 19.6 Å². The highest BCUT2D eigenvalue weighted by Gasteiger charge is 2.37. The number of ketones is 1. The molecule has 0 spiro atoms. The van der Waals surface area contributed by atoms with Crippen molar-refractivity contribution in [3.8, 4) is 22.8 Å². The molecule has 0 amide bonds. The third-order valence-corrected chi connectivity index (χ3v) is 13.3. The maximum atomic E-state index is 13.4. The van der Waals surface area contributed by atoms with Gasteiger partial charge in [0.15, 0.2) is 5.78 Å². The summed E-state index contributed by atoms with van der Waals surface area (Å²) in [6.45, 7) is 14.7. The molecule has 1 unspecified atom stereocenters. The number of hydrogen-bond donors (Lipinski definition) is 3. The molecule has 12 nitrogen and oxygen atoms in total. The van der Waals surface area contributed by atoms with Crippen molar-refractivity contribution in [2.75, 3.05) is 0 Å². The van der Waals surface area contributed by atoms with Crippen molar-refractivity contribution in [1.82, 2.24) is 29.5 Å². The Hall–Kier alpha value is -5.57. The molecule has 8 aromatic rings. The molecule has 1 atom stereocenters.